The Bertz CT molecular complexity index is 390. The number of nitrogens with two attached hydrogens (primary N) is 1. The van der Waals surface area contributed by atoms with Crippen LogP contribution in [-0.2, 0) is 14.3 Å². The third-order valence-corrected chi connectivity index (χ3v) is 5.04. The molecule has 0 saturated heterocycles. The zero-order valence-corrected chi connectivity index (χ0v) is 13.1. The summed E-state index contributed by atoms with van der Waals surface area (Å²) in [5.74, 6) is 0. The Balaban J connectivity index is 1.97. The van der Waals surface area contributed by atoms with E-state index in [1.54, 1.807) is 0 Å². The van der Waals surface area contributed by atoms with E-state index < -0.39 is 11.1 Å². The molecule has 5 heteroatoms. The number of carbonyl (C=O) groups is 2. The van der Waals surface area contributed by atoms with Gasteiger partial charge in [-0.15, -0.1) is 0 Å². The van der Waals surface area contributed by atoms with Crippen molar-refractivity contribution in [3.63, 3.8) is 0 Å². The predicted octanol–water partition coefficient (Wildman–Crippen LogP) is 1.33. The first-order valence-corrected chi connectivity index (χ1v) is 8.10. The van der Waals surface area contributed by atoms with Gasteiger partial charge < -0.3 is 25.4 Å². The fourth-order valence-corrected chi connectivity index (χ4v) is 3.68. The van der Waals surface area contributed by atoms with E-state index in [1.165, 1.54) is 0 Å². The van der Waals surface area contributed by atoms with Crippen molar-refractivity contribution in [1.82, 2.24) is 5.32 Å². The van der Waals surface area contributed by atoms with Crippen LogP contribution >= 0.6 is 0 Å². The van der Waals surface area contributed by atoms with Gasteiger partial charge >= 0.3 is 0 Å². The zero-order chi connectivity index (χ0) is 15.5. The lowest BCUT2D eigenvalue weighted by atomic mass is 9.96. The van der Waals surface area contributed by atoms with Gasteiger partial charge in [0.25, 0.3) is 0 Å². The van der Waals surface area contributed by atoms with Gasteiger partial charge in [-0.25, -0.2) is 0 Å². The van der Waals surface area contributed by atoms with Crippen molar-refractivity contribution >= 4 is 12.6 Å². The maximum atomic E-state index is 11.5. The molecule has 5 nitrogen and oxygen atoms in total. The third-order valence-electron chi connectivity index (χ3n) is 5.04. The molecule has 0 aromatic carbocycles. The van der Waals surface area contributed by atoms with E-state index in [9.17, 15) is 9.59 Å². The molecule has 0 aliphatic heterocycles. The number of aldehydes is 2. The molecule has 21 heavy (non-hydrogen) atoms. The maximum Gasteiger partial charge on any atom is 0.151 e. The van der Waals surface area contributed by atoms with E-state index in [1.807, 2.05) is 6.92 Å². The van der Waals surface area contributed by atoms with Gasteiger partial charge in [-0.05, 0) is 51.9 Å². The summed E-state index contributed by atoms with van der Waals surface area (Å²) in [6.45, 7) is 4.05. The van der Waals surface area contributed by atoms with Gasteiger partial charge in [0.1, 0.15) is 11.9 Å². The minimum absolute atomic E-state index is 0.0777. The van der Waals surface area contributed by atoms with Gasteiger partial charge in [0, 0.05) is 12.1 Å². The van der Waals surface area contributed by atoms with Gasteiger partial charge in [-0.1, -0.05) is 6.92 Å². The Hall–Kier alpha value is -0.780. The average molecular weight is 296 g/mol. The fraction of sp³-hybridized carbons (Fsp3) is 0.875. The highest BCUT2D eigenvalue weighted by Crippen LogP contribution is 2.36. The highest BCUT2D eigenvalue weighted by molar-refractivity contribution is 5.66. The Labute approximate surface area is 127 Å². The standard InChI is InChI=1S/C16H28N2O3/c1-3-12(2)21-16(11-20)7-5-14(9-16)18-15(10-19)6-4-13(17)8-15/h10-14,18H,3-9,17H2,1-2H3. The summed E-state index contributed by atoms with van der Waals surface area (Å²) in [5.41, 5.74) is 4.76. The summed E-state index contributed by atoms with van der Waals surface area (Å²) in [7, 11) is 0. The molecule has 2 aliphatic carbocycles. The Morgan fingerprint density at radius 2 is 2.05 bits per heavy atom. The number of nitrogens with one attached hydrogen (secondary N) is 1. The monoisotopic (exact) mass is 296 g/mol. The molecule has 5 unspecified atom stereocenters. The minimum Gasteiger partial charge on any atom is -0.365 e. The Morgan fingerprint density at radius 1 is 1.29 bits per heavy atom. The highest BCUT2D eigenvalue weighted by atomic mass is 16.5. The van der Waals surface area contributed by atoms with E-state index in [2.05, 4.69) is 12.2 Å². The Kier molecular flexibility index (Phi) is 5.17. The van der Waals surface area contributed by atoms with Gasteiger partial charge in [-0.2, -0.15) is 0 Å². The second-order valence-corrected chi connectivity index (χ2v) is 6.88. The maximum absolute atomic E-state index is 11.5. The zero-order valence-electron chi connectivity index (χ0n) is 13.1. The second kappa shape index (κ2) is 6.55. The van der Waals surface area contributed by atoms with Crippen LogP contribution in [0, 0.1) is 0 Å². The average Bonchev–Trinajstić information content (AvgIpc) is 3.04. The molecule has 5 atom stereocenters. The first-order valence-electron chi connectivity index (χ1n) is 8.10. The van der Waals surface area contributed by atoms with Crippen molar-refractivity contribution in [2.75, 3.05) is 0 Å². The number of rotatable bonds is 7. The first-order chi connectivity index (χ1) is 9.96. The fourth-order valence-electron chi connectivity index (χ4n) is 3.68. The number of carbonyl (C=O) groups excluding carboxylic acids is 2. The van der Waals surface area contributed by atoms with E-state index in [0.29, 0.717) is 12.8 Å². The summed E-state index contributed by atoms with van der Waals surface area (Å²) in [6.07, 6.45) is 7.51. The molecule has 120 valence electrons. The van der Waals surface area contributed by atoms with Crippen molar-refractivity contribution in [3.05, 3.63) is 0 Å². The van der Waals surface area contributed by atoms with E-state index in [0.717, 1.165) is 44.7 Å². The largest absolute Gasteiger partial charge is 0.365 e. The normalized spacial score (nSPS) is 41.1. The molecule has 0 spiro atoms. The van der Waals surface area contributed by atoms with Crippen LogP contribution in [0.25, 0.3) is 0 Å². The summed E-state index contributed by atoms with van der Waals surface area (Å²) in [4.78, 5) is 23.0. The SMILES string of the molecule is CCC(C)OC1(C=O)CCC(NC2(C=O)CCC(N)C2)C1. The summed E-state index contributed by atoms with van der Waals surface area (Å²) in [5, 5.41) is 3.46. The quantitative estimate of drug-likeness (QED) is 0.693. The van der Waals surface area contributed by atoms with Gasteiger partial charge in [-0.3, -0.25) is 0 Å². The minimum atomic E-state index is -0.683. The molecule has 2 aliphatic rings. The van der Waals surface area contributed by atoms with Gasteiger partial charge in [0.2, 0.25) is 0 Å². The molecule has 0 aromatic heterocycles. The predicted molar refractivity (Wildman–Crippen MR) is 81.0 cm³/mol. The second-order valence-electron chi connectivity index (χ2n) is 6.88. The smallest absolute Gasteiger partial charge is 0.151 e. The molecule has 0 bridgehead atoms. The number of ether oxygens (including phenoxy) is 1. The molecule has 2 rings (SSSR count). The topological polar surface area (TPSA) is 81.4 Å². The molecular weight excluding hydrogens is 268 g/mol. The summed E-state index contributed by atoms with van der Waals surface area (Å²) < 4.78 is 5.96. The number of hydrogen-bond acceptors (Lipinski definition) is 5. The van der Waals surface area contributed by atoms with Gasteiger partial charge in [0.15, 0.2) is 6.29 Å². The van der Waals surface area contributed by atoms with Crippen molar-refractivity contribution in [1.29, 1.82) is 0 Å². The van der Waals surface area contributed by atoms with Crippen LogP contribution in [-0.4, -0.2) is 41.9 Å². The van der Waals surface area contributed by atoms with Crippen molar-refractivity contribution < 1.29 is 14.3 Å². The van der Waals surface area contributed by atoms with Crippen molar-refractivity contribution in [3.8, 4) is 0 Å². The molecule has 2 fully saturated rings. The van der Waals surface area contributed by atoms with Crippen LogP contribution in [0.15, 0.2) is 0 Å². The van der Waals surface area contributed by atoms with Crippen LogP contribution in [0.5, 0.6) is 0 Å². The highest BCUT2D eigenvalue weighted by Gasteiger charge is 2.45. The lowest BCUT2D eigenvalue weighted by Crippen LogP contribution is -2.51. The lowest BCUT2D eigenvalue weighted by molar-refractivity contribution is -0.138. The van der Waals surface area contributed by atoms with Crippen LogP contribution in [0.3, 0.4) is 0 Å². The third kappa shape index (κ3) is 3.71. The van der Waals surface area contributed by atoms with Crippen LogP contribution in [0.2, 0.25) is 0 Å². The van der Waals surface area contributed by atoms with Crippen molar-refractivity contribution in [2.24, 2.45) is 5.73 Å². The molecule has 0 heterocycles. The molecule has 0 amide bonds. The van der Waals surface area contributed by atoms with Gasteiger partial charge in [0.05, 0.1) is 11.6 Å². The molecule has 0 radical (unpaired) electrons. The first kappa shape index (κ1) is 16.6. The summed E-state index contributed by atoms with van der Waals surface area (Å²) in [6, 6.07) is 0.242. The molecule has 2 saturated carbocycles. The lowest BCUT2D eigenvalue weighted by Gasteiger charge is -2.30. The summed E-state index contributed by atoms with van der Waals surface area (Å²) >= 11 is 0. The van der Waals surface area contributed by atoms with Crippen LogP contribution in [0.1, 0.15) is 58.8 Å². The van der Waals surface area contributed by atoms with Crippen molar-refractivity contribution in [2.45, 2.75) is 88.1 Å². The van der Waals surface area contributed by atoms with Crippen LogP contribution in [0.4, 0.5) is 0 Å². The van der Waals surface area contributed by atoms with E-state index in [-0.39, 0.29) is 18.2 Å². The number of hydrogen-bond donors (Lipinski definition) is 2. The Morgan fingerprint density at radius 3 is 2.57 bits per heavy atom. The van der Waals surface area contributed by atoms with Crippen LogP contribution < -0.4 is 11.1 Å². The molecule has 3 N–H and O–H groups in total. The van der Waals surface area contributed by atoms with E-state index >= 15 is 0 Å². The molecule has 0 aromatic rings. The molecular formula is C16H28N2O3. The van der Waals surface area contributed by atoms with E-state index in [4.69, 9.17) is 10.5 Å².